The van der Waals surface area contributed by atoms with Crippen molar-refractivity contribution in [3.63, 3.8) is 0 Å². The molecule has 0 aliphatic rings. The van der Waals surface area contributed by atoms with Crippen molar-refractivity contribution in [2.75, 3.05) is 6.54 Å². The minimum atomic E-state index is -1.35. The average Bonchev–Trinajstić information content (AvgIpc) is 2.60. The first-order chi connectivity index (χ1) is 12.9. The van der Waals surface area contributed by atoms with Crippen LogP contribution in [-0.4, -0.2) is 35.0 Å². The lowest BCUT2D eigenvalue weighted by atomic mass is 10.0. The number of rotatable bonds is 8. The molecule has 27 heavy (non-hydrogen) atoms. The number of halogens is 2. The van der Waals surface area contributed by atoms with Crippen LogP contribution < -0.4 is 10.6 Å². The van der Waals surface area contributed by atoms with Crippen molar-refractivity contribution < 1.29 is 23.8 Å². The maximum Gasteiger partial charge on any atom is 0.404 e. The summed E-state index contributed by atoms with van der Waals surface area (Å²) in [7, 11) is 0. The zero-order chi connectivity index (χ0) is 19.8. The summed E-state index contributed by atoms with van der Waals surface area (Å²) in [4.78, 5) is 11.0. The first kappa shape index (κ1) is 20.3. The smallest absolute Gasteiger partial charge is 0.404 e. The molecule has 8 heteroatoms. The summed E-state index contributed by atoms with van der Waals surface area (Å²) < 4.78 is 26.6. The molecule has 4 N–H and O–H groups in total. The molecule has 0 unspecified atom stereocenters. The molecule has 0 spiro atoms. The fourth-order valence-corrected chi connectivity index (χ4v) is 2.68. The Morgan fingerprint density at radius 1 is 1.15 bits per heavy atom. The number of benzene rings is 2. The Morgan fingerprint density at radius 2 is 1.85 bits per heavy atom. The van der Waals surface area contributed by atoms with Gasteiger partial charge in [0.05, 0.1) is 23.8 Å². The van der Waals surface area contributed by atoms with E-state index < -0.39 is 29.9 Å². The van der Waals surface area contributed by atoms with E-state index in [0.717, 1.165) is 23.8 Å². The monoisotopic (exact) mass is 375 g/mol. The van der Waals surface area contributed by atoms with Gasteiger partial charge in [-0.05, 0) is 41.8 Å². The van der Waals surface area contributed by atoms with Gasteiger partial charge < -0.3 is 20.8 Å². The highest BCUT2D eigenvalue weighted by molar-refractivity contribution is 5.65. The minimum absolute atomic E-state index is 0.0412. The summed E-state index contributed by atoms with van der Waals surface area (Å²) in [6, 6.07) is 10.9. The van der Waals surface area contributed by atoms with Crippen LogP contribution in [0, 0.1) is 23.0 Å². The molecule has 0 aliphatic heterocycles. The van der Waals surface area contributed by atoms with Crippen LogP contribution in [0.5, 0.6) is 0 Å². The highest BCUT2D eigenvalue weighted by atomic mass is 19.1. The molecule has 0 fully saturated rings. The second-order valence-electron chi connectivity index (χ2n) is 6.05. The molecule has 142 valence electrons. The molecule has 0 heterocycles. The Hall–Kier alpha value is -3.02. The molecule has 0 aliphatic carbocycles. The quantitative estimate of drug-likeness (QED) is 0.566. The Kier molecular flexibility index (Phi) is 7.23. The third kappa shape index (κ3) is 6.66. The van der Waals surface area contributed by atoms with Crippen LogP contribution in [0.25, 0.3) is 0 Å². The zero-order valence-corrected chi connectivity index (χ0v) is 14.3. The van der Waals surface area contributed by atoms with Crippen molar-refractivity contribution in [2.45, 2.75) is 25.1 Å². The van der Waals surface area contributed by atoms with Crippen molar-refractivity contribution >= 4 is 6.09 Å². The lowest BCUT2D eigenvalue weighted by molar-refractivity contribution is 0.117. The van der Waals surface area contributed by atoms with E-state index in [9.17, 15) is 18.7 Å². The molecule has 0 aromatic heterocycles. The molecular formula is C19H19F2N3O3. The molecule has 1 amide bonds. The number of aliphatic hydroxyl groups is 1. The number of carboxylic acid groups (broad SMARTS) is 1. The van der Waals surface area contributed by atoms with Crippen LogP contribution in [0.4, 0.5) is 13.6 Å². The Bertz CT molecular complexity index is 819. The SMILES string of the molecule is N#Cc1cccc(CNC[C@@H](O)[C@H](Cc2cc(F)cc(F)c2)NC(=O)O)c1. The van der Waals surface area contributed by atoms with Gasteiger partial charge in [-0.2, -0.15) is 5.26 Å². The van der Waals surface area contributed by atoms with Crippen LogP contribution in [-0.2, 0) is 13.0 Å². The van der Waals surface area contributed by atoms with Gasteiger partial charge in [-0.3, -0.25) is 0 Å². The molecule has 0 saturated heterocycles. The topological polar surface area (TPSA) is 105 Å². The van der Waals surface area contributed by atoms with Gasteiger partial charge in [0.25, 0.3) is 0 Å². The fourth-order valence-electron chi connectivity index (χ4n) is 2.68. The molecule has 2 aromatic carbocycles. The number of nitrogens with one attached hydrogen (secondary N) is 2. The van der Waals surface area contributed by atoms with Gasteiger partial charge in [0.2, 0.25) is 0 Å². The van der Waals surface area contributed by atoms with E-state index in [1.807, 2.05) is 12.1 Å². The summed E-state index contributed by atoms with van der Waals surface area (Å²) >= 11 is 0. The second-order valence-corrected chi connectivity index (χ2v) is 6.05. The highest BCUT2D eigenvalue weighted by Crippen LogP contribution is 2.12. The van der Waals surface area contributed by atoms with Gasteiger partial charge in [0.15, 0.2) is 0 Å². The maximum atomic E-state index is 13.3. The lowest BCUT2D eigenvalue weighted by Crippen LogP contribution is -2.48. The summed E-state index contributed by atoms with van der Waals surface area (Å²) in [5.74, 6) is -1.55. The van der Waals surface area contributed by atoms with Gasteiger partial charge >= 0.3 is 6.09 Å². The summed E-state index contributed by atoms with van der Waals surface area (Å²) in [5.41, 5.74) is 1.57. The summed E-state index contributed by atoms with van der Waals surface area (Å²) in [6.07, 6.45) is -2.56. The minimum Gasteiger partial charge on any atom is -0.465 e. The van der Waals surface area contributed by atoms with E-state index in [0.29, 0.717) is 12.1 Å². The molecule has 0 bridgehead atoms. The van der Waals surface area contributed by atoms with Crippen molar-refractivity contribution in [3.05, 3.63) is 70.8 Å². The second kappa shape index (κ2) is 9.62. The van der Waals surface area contributed by atoms with Gasteiger partial charge in [-0.15, -0.1) is 0 Å². The van der Waals surface area contributed by atoms with E-state index >= 15 is 0 Å². The van der Waals surface area contributed by atoms with Crippen molar-refractivity contribution in [1.29, 1.82) is 5.26 Å². The third-order valence-corrected chi connectivity index (χ3v) is 3.89. The molecule has 2 aromatic rings. The van der Waals surface area contributed by atoms with Gasteiger partial charge in [0, 0.05) is 19.2 Å². The van der Waals surface area contributed by atoms with Gasteiger partial charge in [-0.1, -0.05) is 12.1 Å². The zero-order valence-electron chi connectivity index (χ0n) is 14.3. The highest BCUT2D eigenvalue weighted by Gasteiger charge is 2.22. The molecule has 2 atom stereocenters. The van der Waals surface area contributed by atoms with Crippen LogP contribution in [0.1, 0.15) is 16.7 Å². The van der Waals surface area contributed by atoms with Gasteiger partial charge in [0.1, 0.15) is 11.6 Å². The lowest BCUT2D eigenvalue weighted by Gasteiger charge is -2.23. The predicted molar refractivity (Wildman–Crippen MR) is 93.9 cm³/mol. The largest absolute Gasteiger partial charge is 0.465 e. The van der Waals surface area contributed by atoms with Crippen molar-refractivity contribution in [2.24, 2.45) is 0 Å². The van der Waals surface area contributed by atoms with Crippen molar-refractivity contribution in [3.8, 4) is 6.07 Å². The predicted octanol–water partition coefficient (Wildman–Crippen LogP) is 2.17. The first-order valence-electron chi connectivity index (χ1n) is 8.19. The average molecular weight is 375 g/mol. The molecule has 0 radical (unpaired) electrons. The Morgan fingerprint density at radius 3 is 2.48 bits per heavy atom. The first-order valence-corrected chi connectivity index (χ1v) is 8.19. The fraction of sp³-hybridized carbons (Fsp3) is 0.263. The van der Waals surface area contributed by atoms with E-state index in [-0.39, 0.29) is 18.5 Å². The summed E-state index contributed by atoms with van der Waals surface area (Å²) in [5, 5.41) is 33.3. The normalized spacial score (nSPS) is 12.8. The third-order valence-electron chi connectivity index (χ3n) is 3.89. The van der Waals surface area contributed by atoms with E-state index in [2.05, 4.69) is 10.6 Å². The Balaban J connectivity index is 1.98. The molecule has 6 nitrogen and oxygen atoms in total. The maximum absolute atomic E-state index is 13.3. The number of aliphatic hydroxyl groups excluding tert-OH is 1. The van der Waals surface area contributed by atoms with Crippen molar-refractivity contribution in [1.82, 2.24) is 10.6 Å². The van der Waals surface area contributed by atoms with Gasteiger partial charge in [-0.25, -0.2) is 13.6 Å². The van der Waals surface area contributed by atoms with Crippen LogP contribution in [0.2, 0.25) is 0 Å². The standard InChI is InChI=1S/C19H19F2N3O3/c20-15-5-14(6-16(21)8-15)7-17(24-19(26)27)18(25)11-23-10-13-3-1-2-12(4-13)9-22/h1-6,8,17-18,23-25H,7,10-11H2,(H,26,27)/t17-,18+/m0/s1. The molecule has 0 saturated carbocycles. The van der Waals surface area contributed by atoms with Crippen LogP contribution >= 0.6 is 0 Å². The number of carbonyl (C=O) groups is 1. The van der Waals surface area contributed by atoms with Crippen LogP contribution in [0.15, 0.2) is 42.5 Å². The number of hydrogen-bond acceptors (Lipinski definition) is 4. The molecule has 2 rings (SSSR count). The van der Waals surface area contributed by atoms with E-state index in [4.69, 9.17) is 10.4 Å². The number of nitriles is 1. The molecular weight excluding hydrogens is 356 g/mol. The van der Waals surface area contributed by atoms with E-state index in [1.165, 1.54) is 0 Å². The summed E-state index contributed by atoms with van der Waals surface area (Å²) in [6.45, 7) is 0.403. The van der Waals surface area contributed by atoms with Crippen LogP contribution in [0.3, 0.4) is 0 Å². The number of hydrogen-bond donors (Lipinski definition) is 4. The Labute approximate surface area is 155 Å². The number of amides is 1. The number of nitrogens with zero attached hydrogens (tertiary/aromatic N) is 1. The van der Waals surface area contributed by atoms with E-state index in [1.54, 1.807) is 18.2 Å².